The van der Waals surface area contributed by atoms with Crippen molar-refractivity contribution in [1.29, 1.82) is 0 Å². The molecule has 0 aromatic heterocycles. The molecule has 2 amide bonds. The predicted molar refractivity (Wildman–Crippen MR) is 145 cm³/mol. The van der Waals surface area contributed by atoms with Gasteiger partial charge in [-0.1, -0.05) is 0 Å². The maximum atomic E-state index is 12.5. The first-order valence-corrected chi connectivity index (χ1v) is 13.6. The first-order chi connectivity index (χ1) is 19.5. The van der Waals surface area contributed by atoms with E-state index in [1.807, 2.05) is 0 Å². The summed E-state index contributed by atoms with van der Waals surface area (Å²) in [5, 5.41) is 13.6. The van der Waals surface area contributed by atoms with Crippen LogP contribution >= 0.6 is 0 Å². The van der Waals surface area contributed by atoms with Crippen LogP contribution in [0.2, 0.25) is 0 Å². The highest BCUT2D eigenvalue weighted by atomic mass is 16.6. The normalized spacial score (nSPS) is 12.0. The molecule has 0 unspecified atom stereocenters. The zero-order valence-corrected chi connectivity index (χ0v) is 24.7. The van der Waals surface area contributed by atoms with Gasteiger partial charge in [0.25, 0.3) is 0 Å². The first kappa shape index (κ1) is 38.4. The average molecular weight is 597 g/mol. The fourth-order valence-corrected chi connectivity index (χ4v) is 2.81. The monoisotopic (exact) mass is 596 g/mol. The average Bonchev–Trinajstić information content (AvgIpc) is 2.90. The number of hydrogen-bond donors (Lipinski definition) is 3. The zero-order chi connectivity index (χ0) is 30.8. The van der Waals surface area contributed by atoms with Crippen molar-refractivity contribution in [1.82, 2.24) is 10.6 Å². The lowest BCUT2D eigenvalue weighted by Gasteiger charge is -2.23. The Morgan fingerprint density at radius 3 is 1.54 bits per heavy atom. The highest BCUT2D eigenvalue weighted by molar-refractivity contribution is 5.86. The quantitative estimate of drug-likeness (QED) is 0.0928. The fourth-order valence-electron chi connectivity index (χ4n) is 2.81. The molecular weight excluding hydrogens is 548 g/mol. The van der Waals surface area contributed by atoms with Gasteiger partial charge < -0.3 is 53.6 Å². The molecule has 3 N–H and O–H groups in total. The van der Waals surface area contributed by atoms with Gasteiger partial charge in [-0.3, -0.25) is 14.4 Å². The van der Waals surface area contributed by atoms with Gasteiger partial charge in [0.1, 0.15) is 11.6 Å². The second-order valence-electron chi connectivity index (χ2n) is 9.42. The maximum Gasteiger partial charge on any atom is 0.408 e. The molecule has 0 aromatic rings. The minimum absolute atomic E-state index is 0.0227. The number of hydrogen-bond acceptors (Lipinski definition) is 12. The van der Waals surface area contributed by atoms with E-state index < -0.39 is 35.6 Å². The Kier molecular flexibility index (Phi) is 23.6. The summed E-state index contributed by atoms with van der Waals surface area (Å²) in [4.78, 5) is 46.3. The van der Waals surface area contributed by atoms with E-state index in [1.54, 1.807) is 20.8 Å². The van der Waals surface area contributed by atoms with E-state index in [9.17, 15) is 19.2 Å². The molecule has 15 nitrogen and oxygen atoms in total. The first-order valence-electron chi connectivity index (χ1n) is 13.6. The molecule has 15 heteroatoms. The van der Waals surface area contributed by atoms with Crippen LogP contribution in [0.5, 0.6) is 0 Å². The van der Waals surface area contributed by atoms with Gasteiger partial charge in [0.05, 0.1) is 92.8 Å². The molecule has 0 saturated carbocycles. The fraction of sp³-hybridized carbons (Fsp3) is 0.846. The van der Waals surface area contributed by atoms with Crippen LogP contribution in [0.3, 0.4) is 0 Å². The second-order valence-corrected chi connectivity index (χ2v) is 9.42. The molecule has 0 bridgehead atoms. The molecule has 0 aliphatic carbocycles. The number of rotatable bonds is 26. The largest absolute Gasteiger partial charge is 0.481 e. The minimum Gasteiger partial charge on any atom is -0.481 e. The van der Waals surface area contributed by atoms with E-state index >= 15 is 0 Å². The van der Waals surface area contributed by atoms with Crippen LogP contribution in [-0.4, -0.2) is 134 Å². The van der Waals surface area contributed by atoms with Gasteiger partial charge in [0.2, 0.25) is 5.91 Å². The minimum atomic E-state index is -0.964. The predicted octanol–water partition coefficient (Wildman–Crippen LogP) is 0.523. The highest BCUT2D eigenvalue weighted by Crippen LogP contribution is 2.08. The number of alkyl carbamates (subject to hydrolysis) is 1. The lowest BCUT2D eigenvalue weighted by molar-refractivity contribution is -0.141. The Morgan fingerprint density at radius 1 is 0.683 bits per heavy atom. The Hall–Kier alpha value is -2.56. The molecule has 0 rings (SSSR count). The van der Waals surface area contributed by atoms with Gasteiger partial charge in [-0.2, -0.15) is 0 Å². The number of carbonyl (C=O) groups excluding carboxylic acids is 3. The summed E-state index contributed by atoms with van der Waals surface area (Å²) in [6, 6.07) is -0.964. The Bertz CT molecular complexity index is 716. The van der Waals surface area contributed by atoms with E-state index in [2.05, 4.69) is 15.4 Å². The zero-order valence-electron chi connectivity index (χ0n) is 24.7. The van der Waals surface area contributed by atoms with Crippen LogP contribution in [0.25, 0.3) is 0 Å². The number of amides is 2. The molecule has 0 spiro atoms. The standard InChI is InChI=1S/C26H48N2O13/c1-26(2,3)41-25(33)28-21(5-6-23(31)34-4)24(32)27-8-10-36-12-14-38-16-18-40-20-19-39-17-15-37-13-11-35-9-7-22(29)30/h21H,5-20H2,1-4H3,(H,27,32)(H,28,33)(H,29,30)/t21-/m0/s1. The summed E-state index contributed by atoms with van der Waals surface area (Å²) in [5.41, 5.74) is -0.731. The maximum absolute atomic E-state index is 12.5. The number of aliphatic carboxylic acids is 1. The highest BCUT2D eigenvalue weighted by Gasteiger charge is 2.25. The Morgan fingerprint density at radius 2 is 1.12 bits per heavy atom. The van der Waals surface area contributed by atoms with Crippen molar-refractivity contribution < 1.29 is 62.2 Å². The summed E-state index contributed by atoms with van der Waals surface area (Å²) in [7, 11) is 1.25. The number of carbonyl (C=O) groups is 4. The SMILES string of the molecule is COC(=O)CC[C@H](NC(=O)OC(C)(C)C)C(=O)NCCOCCOCCOCCOCCOCCOCCC(=O)O. The summed E-state index contributed by atoms with van der Waals surface area (Å²) < 4.78 is 41.8. The van der Waals surface area contributed by atoms with Gasteiger partial charge in [0.15, 0.2) is 0 Å². The van der Waals surface area contributed by atoms with E-state index in [1.165, 1.54) is 7.11 Å². The number of nitrogens with one attached hydrogen (secondary N) is 2. The van der Waals surface area contributed by atoms with Crippen LogP contribution in [0.4, 0.5) is 4.79 Å². The summed E-state index contributed by atoms with van der Waals surface area (Å²) >= 11 is 0. The van der Waals surface area contributed by atoms with Gasteiger partial charge in [0, 0.05) is 13.0 Å². The van der Waals surface area contributed by atoms with Crippen LogP contribution in [-0.2, 0) is 52.3 Å². The van der Waals surface area contributed by atoms with Crippen LogP contribution in [0, 0.1) is 0 Å². The molecule has 1 atom stereocenters. The van der Waals surface area contributed by atoms with Gasteiger partial charge >= 0.3 is 18.0 Å². The summed E-state index contributed by atoms with van der Waals surface area (Å²) in [5.74, 6) is -1.85. The van der Waals surface area contributed by atoms with Crippen molar-refractivity contribution in [3.63, 3.8) is 0 Å². The smallest absolute Gasteiger partial charge is 0.408 e. The van der Waals surface area contributed by atoms with E-state index in [-0.39, 0.29) is 39.0 Å². The third kappa shape index (κ3) is 27.4. The topological polar surface area (TPSA) is 186 Å². The Balaban J connectivity index is 3.70. The number of carboxylic acid groups (broad SMARTS) is 1. The van der Waals surface area contributed by atoms with Crippen molar-refractivity contribution in [2.24, 2.45) is 0 Å². The lowest BCUT2D eigenvalue weighted by Crippen LogP contribution is -2.49. The molecule has 0 heterocycles. The Labute approximate surface area is 241 Å². The summed E-state index contributed by atoms with van der Waals surface area (Å²) in [6.07, 6.45) is -0.762. The molecule has 0 aliphatic rings. The molecule has 0 fully saturated rings. The van der Waals surface area contributed by atoms with Gasteiger partial charge in [-0.05, 0) is 27.2 Å². The number of carboxylic acids is 1. The molecular formula is C26H48N2O13. The summed E-state index contributed by atoms with van der Waals surface area (Å²) in [6.45, 7) is 9.59. The molecule has 0 radical (unpaired) electrons. The third-order valence-electron chi connectivity index (χ3n) is 4.74. The van der Waals surface area contributed by atoms with Crippen molar-refractivity contribution in [2.75, 3.05) is 92.9 Å². The van der Waals surface area contributed by atoms with Crippen molar-refractivity contribution in [2.45, 2.75) is 51.7 Å². The number of methoxy groups -OCH3 is 1. The third-order valence-corrected chi connectivity index (χ3v) is 4.74. The van der Waals surface area contributed by atoms with Crippen molar-refractivity contribution in [3.05, 3.63) is 0 Å². The molecule has 41 heavy (non-hydrogen) atoms. The lowest BCUT2D eigenvalue weighted by atomic mass is 10.1. The van der Waals surface area contributed by atoms with E-state index in [0.29, 0.717) is 66.1 Å². The van der Waals surface area contributed by atoms with E-state index in [4.69, 9.17) is 38.3 Å². The number of esters is 1. The molecule has 240 valence electrons. The molecule has 0 aliphatic heterocycles. The van der Waals surface area contributed by atoms with Gasteiger partial charge in [-0.25, -0.2) is 4.79 Å². The molecule has 0 aromatic carbocycles. The van der Waals surface area contributed by atoms with E-state index in [0.717, 1.165) is 0 Å². The second kappa shape index (κ2) is 25.2. The molecule has 0 saturated heterocycles. The van der Waals surface area contributed by atoms with Crippen molar-refractivity contribution >= 4 is 23.9 Å². The van der Waals surface area contributed by atoms with Gasteiger partial charge in [-0.15, -0.1) is 0 Å². The van der Waals surface area contributed by atoms with Crippen molar-refractivity contribution in [3.8, 4) is 0 Å². The van der Waals surface area contributed by atoms with Crippen LogP contribution < -0.4 is 10.6 Å². The van der Waals surface area contributed by atoms with Crippen LogP contribution in [0.1, 0.15) is 40.0 Å². The van der Waals surface area contributed by atoms with Crippen LogP contribution in [0.15, 0.2) is 0 Å². The number of ether oxygens (including phenoxy) is 8.